The van der Waals surface area contributed by atoms with Crippen LogP contribution in [0.15, 0.2) is 12.1 Å². The third-order valence-electron chi connectivity index (χ3n) is 2.59. The number of aldehydes is 1. The van der Waals surface area contributed by atoms with E-state index in [-0.39, 0.29) is 12.5 Å². The molecule has 0 bridgehead atoms. The molecule has 1 atom stereocenters. The molecule has 0 fully saturated rings. The number of amides is 1. The normalized spacial score (nSPS) is 14.1. The molecule has 1 aromatic rings. The summed E-state index contributed by atoms with van der Waals surface area (Å²) in [6.07, 6.45) is 0.275. The third-order valence-corrected chi connectivity index (χ3v) is 2.59. The average molecular weight is 251 g/mol. The molecule has 96 valence electrons. The van der Waals surface area contributed by atoms with Crippen molar-refractivity contribution in [2.24, 2.45) is 5.73 Å². The van der Waals surface area contributed by atoms with Crippen LogP contribution < -0.4 is 19.9 Å². The summed E-state index contributed by atoms with van der Waals surface area (Å²) in [5, 5.41) is 0. The second kappa shape index (κ2) is 4.95. The Bertz CT molecular complexity index is 486. The van der Waals surface area contributed by atoms with Gasteiger partial charge < -0.3 is 19.9 Å². The molecule has 6 heteroatoms. The Kier molecular flexibility index (Phi) is 3.36. The van der Waals surface area contributed by atoms with Crippen molar-refractivity contribution in [1.29, 1.82) is 0 Å². The number of ether oxygens (including phenoxy) is 3. The summed E-state index contributed by atoms with van der Waals surface area (Å²) < 4.78 is 15.8. The minimum atomic E-state index is -0.774. The monoisotopic (exact) mass is 251 g/mol. The third kappa shape index (κ3) is 2.22. The molecule has 2 rings (SSSR count). The molecule has 1 heterocycles. The number of fused-ring (bicyclic) bond motifs is 1. The summed E-state index contributed by atoms with van der Waals surface area (Å²) >= 11 is 0. The number of benzene rings is 1. The number of hydrogen-bond donors (Lipinski definition) is 1. The highest BCUT2D eigenvalue weighted by Crippen LogP contribution is 2.37. The molecular formula is C12H13NO5. The highest BCUT2D eigenvalue weighted by atomic mass is 16.7. The molecule has 0 saturated heterocycles. The molecule has 1 aromatic carbocycles. The van der Waals surface area contributed by atoms with Gasteiger partial charge in [-0.05, 0) is 12.5 Å². The number of rotatable bonds is 5. The molecule has 1 unspecified atom stereocenters. The fraction of sp³-hybridized carbons (Fsp3) is 0.333. The van der Waals surface area contributed by atoms with Crippen molar-refractivity contribution in [3.8, 4) is 17.2 Å². The zero-order valence-corrected chi connectivity index (χ0v) is 9.84. The standard InChI is InChI=1S/C12H13NO5/c1-2-8(12(13)15)18-9-4-11-10(16-6-17-11)3-7(9)5-14/h3-5,8H,2,6H2,1H3,(H2,13,15). The first-order chi connectivity index (χ1) is 8.65. The van der Waals surface area contributed by atoms with Gasteiger partial charge in [0, 0.05) is 6.07 Å². The SMILES string of the molecule is CCC(Oc1cc2c(cc1C=O)OCO2)C(N)=O. The van der Waals surface area contributed by atoms with E-state index in [2.05, 4.69) is 0 Å². The Labute approximate surface area is 104 Å². The predicted molar refractivity (Wildman–Crippen MR) is 61.9 cm³/mol. The van der Waals surface area contributed by atoms with E-state index < -0.39 is 12.0 Å². The van der Waals surface area contributed by atoms with E-state index in [1.54, 1.807) is 6.92 Å². The van der Waals surface area contributed by atoms with Crippen LogP contribution in [-0.4, -0.2) is 25.1 Å². The molecule has 1 amide bonds. The van der Waals surface area contributed by atoms with Crippen LogP contribution >= 0.6 is 0 Å². The molecule has 18 heavy (non-hydrogen) atoms. The fourth-order valence-corrected chi connectivity index (χ4v) is 1.63. The zero-order valence-electron chi connectivity index (χ0n) is 9.84. The van der Waals surface area contributed by atoms with E-state index in [0.29, 0.717) is 29.8 Å². The summed E-state index contributed by atoms with van der Waals surface area (Å²) in [7, 11) is 0. The minimum Gasteiger partial charge on any atom is -0.480 e. The number of carbonyl (C=O) groups is 2. The van der Waals surface area contributed by atoms with Gasteiger partial charge in [0.25, 0.3) is 5.91 Å². The van der Waals surface area contributed by atoms with Crippen LogP contribution in [0, 0.1) is 0 Å². The van der Waals surface area contributed by atoms with Crippen molar-refractivity contribution in [2.45, 2.75) is 19.4 Å². The second-order valence-corrected chi connectivity index (χ2v) is 3.78. The summed E-state index contributed by atoms with van der Waals surface area (Å²) in [6.45, 7) is 1.87. The Hall–Kier alpha value is -2.24. The molecular weight excluding hydrogens is 238 g/mol. The Morgan fingerprint density at radius 2 is 2.17 bits per heavy atom. The van der Waals surface area contributed by atoms with Crippen LogP contribution in [0.25, 0.3) is 0 Å². The summed E-state index contributed by atoms with van der Waals surface area (Å²) in [5.74, 6) is 0.651. The quantitative estimate of drug-likeness (QED) is 0.784. The summed E-state index contributed by atoms with van der Waals surface area (Å²) in [5.41, 5.74) is 5.48. The maximum atomic E-state index is 11.1. The lowest BCUT2D eigenvalue weighted by atomic mass is 10.2. The lowest BCUT2D eigenvalue weighted by Gasteiger charge is -2.15. The van der Waals surface area contributed by atoms with Gasteiger partial charge >= 0.3 is 0 Å². The van der Waals surface area contributed by atoms with Gasteiger partial charge in [-0.1, -0.05) is 6.92 Å². The fourth-order valence-electron chi connectivity index (χ4n) is 1.63. The van der Waals surface area contributed by atoms with Crippen molar-refractivity contribution < 1.29 is 23.8 Å². The second-order valence-electron chi connectivity index (χ2n) is 3.78. The molecule has 0 aliphatic carbocycles. The lowest BCUT2D eigenvalue weighted by molar-refractivity contribution is -0.124. The Balaban J connectivity index is 2.31. The van der Waals surface area contributed by atoms with Gasteiger partial charge in [0.1, 0.15) is 5.75 Å². The topological polar surface area (TPSA) is 87.8 Å². The number of primary amides is 1. The largest absolute Gasteiger partial charge is 0.480 e. The van der Waals surface area contributed by atoms with Gasteiger partial charge in [0.15, 0.2) is 23.9 Å². The highest BCUT2D eigenvalue weighted by Gasteiger charge is 2.21. The van der Waals surface area contributed by atoms with Crippen molar-refractivity contribution in [2.75, 3.05) is 6.79 Å². The van der Waals surface area contributed by atoms with Crippen LogP contribution in [0.4, 0.5) is 0 Å². The van der Waals surface area contributed by atoms with Crippen LogP contribution in [-0.2, 0) is 4.79 Å². The lowest BCUT2D eigenvalue weighted by Crippen LogP contribution is -2.33. The van der Waals surface area contributed by atoms with E-state index in [4.69, 9.17) is 19.9 Å². The van der Waals surface area contributed by atoms with E-state index >= 15 is 0 Å². The van der Waals surface area contributed by atoms with E-state index in [1.165, 1.54) is 12.1 Å². The average Bonchev–Trinajstić information content (AvgIpc) is 2.81. The Morgan fingerprint density at radius 1 is 1.50 bits per heavy atom. The molecule has 1 aliphatic rings. The van der Waals surface area contributed by atoms with Crippen LogP contribution in [0.3, 0.4) is 0 Å². The number of hydrogen-bond acceptors (Lipinski definition) is 5. The van der Waals surface area contributed by atoms with Crippen LogP contribution in [0.5, 0.6) is 17.2 Å². The maximum Gasteiger partial charge on any atom is 0.258 e. The number of nitrogens with two attached hydrogens (primary N) is 1. The van der Waals surface area contributed by atoms with Crippen molar-refractivity contribution in [3.05, 3.63) is 17.7 Å². The molecule has 0 radical (unpaired) electrons. The van der Waals surface area contributed by atoms with Crippen molar-refractivity contribution >= 4 is 12.2 Å². The van der Waals surface area contributed by atoms with Gasteiger partial charge in [0.2, 0.25) is 6.79 Å². The van der Waals surface area contributed by atoms with Gasteiger partial charge in [-0.15, -0.1) is 0 Å². The van der Waals surface area contributed by atoms with Gasteiger partial charge in [-0.3, -0.25) is 9.59 Å². The maximum absolute atomic E-state index is 11.1. The highest BCUT2D eigenvalue weighted by molar-refractivity contribution is 5.83. The van der Waals surface area contributed by atoms with Crippen molar-refractivity contribution in [1.82, 2.24) is 0 Å². The summed E-state index contributed by atoms with van der Waals surface area (Å²) in [4.78, 5) is 22.1. The molecule has 0 spiro atoms. The molecule has 1 aliphatic heterocycles. The molecule has 6 nitrogen and oxygen atoms in total. The first-order valence-electron chi connectivity index (χ1n) is 5.50. The van der Waals surface area contributed by atoms with Crippen LogP contribution in [0.2, 0.25) is 0 Å². The first-order valence-corrected chi connectivity index (χ1v) is 5.50. The van der Waals surface area contributed by atoms with E-state index in [0.717, 1.165) is 0 Å². The Morgan fingerprint density at radius 3 is 2.72 bits per heavy atom. The first kappa shape index (κ1) is 12.2. The molecule has 0 aromatic heterocycles. The molecule has 0 saturated carbocycles. The zero-order chi connectivity index (χ0) is 13.1. The smallest absolute Gasteiger partial charge is 0.258 e. The minimum absolute atomic E-state index is 0.101. The van der Waals surface area contributed by atoms with Crippen LogP contribution in [0.1, 0.15) is 23.7 Å². The van der Waals surface area contributed by atoms with Gasteiger partial charge in [-0.2, -0.15) is 0 Å². The van der Waals surface area contributed by atoms with Gasteiger partial charge in [-0.25, -0.2) is 0 Å². The number of carbonyl (C=O) groups excluding carboxylic acids is 2. The van der Waals surface area contributed by atoms with E-state index in [9.17, 15) is 9.59 Å². The van der Waals surface area contributed by atoms with E-state index in [1.807, 2.05) is 0 Å². The van der Waals surface area contributed by atoms with Gasteiger partial charge in [0.05, 0.1) is 5.56 Å². The molecule has 2 N–H and O–H groups in total. The predicted octanol–water partition coefficient (Wildman–Crippen LogP) is 0.870. The summed E-state index contributed by atoms with van der Waals surface area (Å²) in [6, 6.07) is 3.04. The van der Waals surface area contributed by atoms with Crippen molar-refractivity contribution in [3.63, 3.8) is 0 Å².